The van der Waals surface area contributed by atoms with Crippen LogP contribution in [0.5, 0.6) is 0 Å². The highest BCUT2D eigenvalue weighted by atomic mass is 16.2. The molecule has 0 aliphatic heterocycles. The Morgan fingerprint density at radius 3 is 1.93 bits per heavy atom. The lowest BCUT2D eigenvalue weighted by Gasteiger charge is -2.31. The van der Waals surface area contributed by atoms with E-state index in [4.69, 9.17) is 0 Å². The lowest BCUT2D eigenvalue weighted by molar-refractivity contribution is -0.138. The van der Waals surface area contributed by atoms with Crippen LogP contribution in [0.15, 0.2) is 0 Å². The van der Waals surface area contributed by atoms with E-state index in [0.29, 0.717) is 11.8 Å². The molecule has 0 heterocycles. The molecule has 0 rings (SSSR count). The van der Waals surface area contributed by atoms with Gasteiger partial charge >= 0.3 is 0 Å². The summed E-state index contributed by atoms with van der Waals surface area (Å²) in [5, 5.41) is 0. The van der Waals surface area contributed by atoms with Crippen molar-refractivity contribution in [1.82, 2.24) is 4.90 Å². The zero-order chi connectivity index (χ0) is 11.5. The van der Waals surface area contributed by atoms with Crippen molar-refractivity contribution in [3.8, 4) is 0 Å². The van der Waals surface area contributed by atoms with Gasteiger partial charge in [-0.3, -0.25) is 4.79 Å². The molecule has 0 N–H and O–H groups in total. The average molecular weight is 199 g/mol. The smallest absolute Gasteiger partial charge is 0.227 e. The highest BCUT2D eigenvalue weighted by molar-refractivity contribution is 5.81. The molecule has 0 saturated heterocycles. The Kier molecular flexibility index (Phi) is 4.63. The fraction of sp³-hybridized carbons (Fsp3) is 0.917. The van der Waals surface area contributed by atoms with Crippen molar-refractivity contribution < 1.29 is 4.79 Å². The molecule has 14 heavy (non-hydrogen) atoms. The summed E-state index contributed by atoms with van der Waals surface area (Å²) in [4.78, 5) is 13.5. The van der Waals surface area contributed by atoms with Gasteiger partial charge in [0.25, 0.3) is 0 Å². The SMILES string of the molecule is CC(C)C(C)CC(C)(C)C(=O)N(C)C. The quantitative estimate of drug-likeness (QED) is 0.682. The number of hydrogen-bond acceptors (Lipinski definition) is 1. The van der Waals surface area contributed by atoms with Crippen LogP contribution in [0.3, 0.4) is 0 Å². The topological polar surface area (TPSA) is 20.3 Å². The third-order valence-electron chi connectivity index (χ3n) is 2.96. The normalized spacial score (nSPS) is 14.3. The van der Waals surface area contributed by atoms with Gasteiger partial charge in [-0.1, -0.05) is 34.6 Å². The van der Waals surface area contributed by atoms with E-state index >= 15 is 0 Å². The van der Waals surface area contributed by atoms with Gasteiger partial charge in [0, 0.05) is 19.5 Å². The number of nitrogens with zero attached hydrogens (tertiary/aromatic N) is 1. The lowest BCUT2D eigenvalue weighted by atomic mass is 9.78. The molecule has 0 saturated carbocycles. The second kappa shape index (κ2) is 4.81. The highest BCUT2D eigenvalue weighted by Gasteiger charge is 2.31. The fourth-order valence-corrected chi connectivity index (χ4v) is 1.73. The van der Waals surface area contributed by atoms with Crippen LogP contribution in [0.4, 0.5) is 0 Å². The summed E-state index contributed by atoms with van der Waals surface area (Å²) in [7, 11) is 3.65. The summed E-state index contributed by atoms with van der Waals surface area (Å²) in [6, 6.07) is 0. The molecule has 84 valence electrons. The van der Waals surface area contributed by atoms with Crippen molar-refractivity contribution in [2.24, 2.45) is 17.3 Å². The Morgan fingerprint density at radius 1 is 1.21 bits per heavy atom. The molecule has 1 unspecified atom stereocenters. The van der Waals surface area contributed by atoms with Crippen LogP contribution in [-0.2, 0) is 4.79 Å². The Balaban J connectivity index is 4.41. The predicted molar refractivity (Wildman–Crippen MR) is 61.1 cm³/mol. The molecule has 0 aromatic carbocycles. The fourth-order valence-electron chi connectivity index (χ4n) is 1.73. The van der Waals surface area contributed by atoms with Gasteiger partial charge in [-0.15, -0.1) is 0 Å². The monoisotopic (exact) mass is 199 g/mol. The Labute approximate surface area is 88.7 Å². The van der Waals surface area contributed by atoms with E-state index in [1.165, 1.54) is 0 Å². The minimum absolute atomic E-state index is 0.227. The number of carbonyl (C=O) groups is 1. The maximum Gasteiger partial charge on any atom is 0.227 e. The molecule has 0 aromatic heterocycles. The molecule has 0 aromatic rings. The first-order chi connectivity index (χ1) is 6.18. The van der Waals surface area contributed by atoms with E-state index < -0.39 is 0 Å². The van der Waals surface area contributed by atoms with Gasteiger partial charge in [0.1, 0.15) is 0 Å². The molecule has 2 heteroatoms. The second-order valence-electron chi connectivity index (χ2n) is 5.51. The van der Waals surface area contributed by atoms with Crippen molar-refractivity contribution in [2.45, 2.75) is 41.0 Å². The maximum atomic E-state index is 11.8. The minimum atomic E-state index is -0.229. The molecule has 1 amide bonds. The zero-order valence-electron chi connectivity index (χ0n) is 10.7. The summed E-state index contributed by atoms with van der Waals surface area (Å²) >= 11 is 0. The van der Waals surface area contributed by atoms with Gasteiger partial charge in [-0.2, -0.15) is 0 Å². The molecule has 0 radical (unpaired) electrons. The maximum absolute atomic E-state index is 11.8. The lowest BCUT2D eigenvalue weighted by Crippen LogP contribution is -2.37. The molecule has 0 fully saturated rings. The van der Waals surface area contributed by atoms with Gasteiger partial charge < -0.3 is 4.90 Å². The summed E-state index contributed by atoms with van der Waals surface area (Å²) in [5.41, 5.74) is -0.229. The number of hydrogen-bond donors (Lipinski definition) is 0. The Morgan fingerprint density at radius 2 is 1.64 bits per heavy atom. The van der Waals surface area contributed by atoms with Crippen LogP contribution >= 0.6 is 0 Å². The summed E-state index contributed by atoms with van der Waals surface area (Å²) in [6.07, 6.45) is 0.960. The number of amides is 1. The average Bonchev–Trinajstić information content (AvgIpc) is 2.01. The third-order valence-corrected chi connectivity index (χ3v) is 2.96. The third kappa shape index (κ3) is 3.69. The van der Waals surface area contributed by atoms with E-state index in [0.717, 1.165) is 6.42 Å². The molecule has 1 atom stereocenters. The van der Waals surface area contributed by atoms with E-state index in [-0.39, 0.29) is 11.3 Å². The Bertz CT molecular complexity index is 194. The molecule has 0 bridgehead atoms. The molecule has 0 aliphatic carbocycles. The van der Waals surface area contributed by atoms with Gasteiger partial charge in [-0.25, -0.2) is 0 Å². The first-order valence-electron chi connectivity index (χ1n) is 5.40. The van der Waals surface area contributed by atoms with E-state index in [1.807, 2.05) is 27.9 Å². The van der Waals surface area contributed by atoms with Crippen LogP contribution in [0.25, 0.3) is 0 Å². The summed E-state index contributed by atoms with van der Waals surface area (Å²) in [5.74, 6) is 1.46. The summed E-state index contributed by atoms with van der Waals surface area (Å²) in [6.45, 7) is 10.7. The Hall–Kier alpha value is -0.530. The number of rotatable bonds is 4. The second-order valence-corrected chi connectivity index (χ2v) is 5.51. The van der Waals surface area contributed by atoms with E-state index in [9.17, 15) is 4.79 Å². The largest absolute Gasteiger partial charge is 0.348 e. The first-order valence-corrected chi connectivity index (χ1v) is 5.40. The van der Waals surface area contributed by atoms with Gasteiger partial charge in [0.2, 0.25) is 5.91 Å². The van der Waals surface area contributed by atoms with Crippen LogP contribution in [0.2, 0.25) is 0 Å². The molecule has 0 aliphatic rings. The van der Waals surface area contributed by atoms with Gasteiger partial charge in [0.05, 0.1) is 0 Å². The zero-order valence-corrected chi connectivity index (χ0v) is 10.7. The summed E-state index contributed by atoms with van der Waals surface area (Å²) < 4.78 is 0. The van der Waals surface area contributed by atoms with Gasteiger partial charge in [0.15, 0.2) is 0 Å². The van der Waals surface area contributed by atoms with E-state index in [1.54, 1.807) is 4.90 Å². The van der Waals surface area contributed by atoms with Crippen LogP contribution in [0.1, 0.15) is 41.0 Å². The van der Waals surface area contributed by atoms with Gasteiger partial charge in [-0.05, 0) is 18.3 Å². The van der Waals surface area contributed by atoms with E-state index in [2.05, 4.69) is 20.8 Å². The predicted octanol–water partition coefficient (Wildman–Crippen LogP) is 2.78. The molecule has 0 spiro atoms. The van der Waals surface area contributed by atoms with Crippen LogP contribution < -0.4 is 0 Å². The van der Waals surface area contributed by atoms with Crippen LogP contribution in [0, 0.1) is 17.3 Å². The van der Waals surface area contributed by atoms with Crippen molar-refractivity contribution in [3.05, 3.63) is 0 Å². The standard InChI is InChI=1S/C12H25NO/c1-9(2)10(3)8-12(4,5)11(14)13(6)7/h9-10H,8H2,1-7H3. The number of carbonyl (C=O) groups excluding carboxylic acids is 1. The van der Waals surface area contributed by atoms with Crippen LogP contribution in [-0.4, -0.2) is 24.9 Å². The highest BCUT2D eigenvalue weighted by Crippen LogP contribution is 2.30. The van der Waals surface area contributed by atoms with Crippen molar-refractivity contribution >= 4 is 5.91 Å². The molecular formula is C12H25NO. The minimum Gasteiger partial charge on any atom is -0.348 e. The first kappa shape index (κ1) is 13.5. The van der Waals surface area contributed by atoms with Crippen molar-refractivity contribution in [3.63, 3.8) is 0 Å². The van der Waals surface area contributed by atoms with Crippen molar-refractivity contribution in [2.75, 3.05) is 14.1 Å². The molecule has 2 nitrogen and oxygen atoms in total. The van der Waals surface area contributed by atoms with Crippen molar-refractivity contribution in [1.29, 1.82) is 0 Å². The molecular weight excluding hydrogens is 174 g/mol.